The monoisotopic (exact) mass is 335 g/mol. The van der Waals surface area contributed by atoms with Crippen LogP contribution in [0.4, 0.5) is 5.69 Å². The average Bonchev–Trinajstić information content (AvgIpc) is 2.85. The highest BCUT2D eigenvalue weighted by atomic mass is 79.9. The first-order valence-electron chi connectivity index (χ1n) is 6.52. The Morgan fingerprint density at radius 1 is 1.05 bits per heavy atom. The van der Waals surface area contributed by atoms with E-state index in [1.165, 1.54) is 36.1 Å². The van der Waals surface area contributed by atoms with Gasteiger partial charge in [-0.15, -0.1) is 0 Å². The van der Waals surface area contributed by atoms with Crippen molar-refractivity contribution in [2.24, 2.45) is 0 Å². The molecule has 98 valence electrons. The minimum Gasteiger partial charge on any atom is -0.381 e. The van der Waals surface area contributed by atoms with Crippen LogP contribution < -0.4 is 5.32 Å². The molecule has 0 spiro atoms. The van der Waals surface area contributed by atoms with E-state index in [2.05, 4.69) is 39.4 Å². The number of fused-ring (bicyclic) bond motifs is 1. The van der Waals surface area contributed by atoms with Crippen LogP contribution in [0.1, 0.15) is 23.1 Å². The first-order chi connectivity index (χ1) is 9.22. The molecule has 0 fully saturated rings. The molecule has 1 aliphatic carbocycles. The number of halogens is 2. The number of hydrogen-bond donors (Lipinski definition) is 1. The largest absolute Gasteiger partial charge is 0.381 e. The predicted molar refractivity (Wildman–Crippen MR) is 84.9 cm³/mol. The van der Waals surface area contributed by atoms with Crippen LogP contribution in [0.5, 0.6) is 0 Å². The van der Waals surface area contributed by atoms with Gasteiger partial charge in [0.25, 0.3) is 0 Å². The molecule has 1 nitrogen and oxygen atoms in total. The highest BCUT2D eigenvalue weighted by molar-refractivity contribution is 9.10. The molecule has 2 aromatic rings. The Kier molecular flexibility index (Phi) is 3.81. The molecule has 0 aliphatic heterocycles. The molecule has 0 radical (unpaired) electrons. The lowest BCUT2D eigenvalue weighted by molar-refractivity contribution is 0.912. The van der Waals surface area contributed by atoms with Gasteiger partial charge in [-0.3, -0.25) is 0 Å². The van der Waals surface area contributed by atoms with Crippen LogP contribution in [0.15, 0.2) is 40.9 Å². The number of hydrogen-bond acceptors (Lipinski definition) is 1. The Morgan fingerprint density at radius 2 is 1.89 bits per heavy atom. The van der Waals surface area contributed by atoms with Crippen molar-refractivity contribution in [1.82, 2.24) is 0 Å². The molecule has 0 saturated carbocycles. The van der Waals surface area contributed by atoms with Gasteiger partial charge in [-0.05, 0) is 60.2 Å². The quantitative estimate of drug-likeness (QED) is 0.812. The Balaban J connectivity index is 1.72. The molecular weight excluding hydrogens is 322 g/mol. The molecule has 1 aliphatic rings. The third kappa shape index (κ3) is 2.96. The fraction of sp³-hybridized carbons (Fsp3) is 0.250. The van der Waals surface area contributed by atoms with Gasteiger partial charge in [-0.2, -0.15) is 0 Å². The summed E-state index contributed by atoms with van der Waals surface area (Å²) >= 11 is 9.64. The zero-order valence-electron chi connectivity index (χ0n) is 10.5. The summed E-state index contributed by atoms with van der Waals surface area (Å²) in [5.74, 6) is 0. The second kappa shape index (κ2) is 5.56. The third-order valence-corrected chi connectivity index (χ3v) is 4.44. The lowest BCUT2D eigenvalue weighted by atomic mass is 10.1. The van der Waals surface area contributed by atoms with Crippen molar-refractivity contribution in [3.63, 3.8) is 0 Å². The van der Waals surface area contributed by atoms with Crippen molar-refractivity contribution in [2.75, 3.05) is 5.32 Å². The molecule has 0 saturated heterocycles. The maximum atomic E-state index is 6.22. The first kappa shape index (κ1) is 13.0. The smallest absolute Gasteiger partial charge is 0.0467 e. The number of anilines is 1. The third-order valence-electron chi connectivity index (χ3n) is 3.60. The lowest BCUT2D eigenvalue weighted by Gasteiger charge is -2.10. The fourth-order valence-electron chi connectivity index (χ4n) is 2.54. The molecule has 0 unspecified atom stereocenters. The van der Waals surface area contributed by atoms with Gasteiger partial charge in [-0.1, -0.05) is 39.7 Å². The lowest BCUT2D eigenvalue weighted by Crippen LogP contribution is -2.00. The number of benzene rings is 2. The molecule has 0 heterocycles. The molecule has 3 heteroatoms. The molecular formula is C16H15BrClN. The number of rotatable bonds is 3. The first-order valence-corrected chi connectivity index (χ1v) is 7.69. The van der Waals surface area contributed by atoms with Crippen LogP contribution in [0, 0.1) is 0 Å². The van der Waals surface area contributed by atoms with Crippen LogP contribution in [0.2, 0.25) is 5.02 Å². The van der Waals surface area contributed by atoms with Crippen molar-refractivity contribution < 1.29 is 0 Å². The summed E-state index contributed by atoms with van der Waals surface area (Å²) in [4.78, 5) is 0. The van der Waals surface area contributed by atoms with E-state index in [0.29, 0.717) is 0 Å². The van der Waals surface area contributed by atoms with E-state index in [0.717, 1.165) is 21.6 Å². The van der Waals surface area contributed by atoms with Crippen molar-refractivity contribution in [2.45, 2.75) is 25.8 Å². The van der Waals surface area contributed by atoms with E-state index < -0.39 is 0 Å². The summed E-state index contributed by atoms with van der Waals surface area (Å²) in [6, 6.07) is 12.7. The van der Waals surface area contributed by atoms with Gasteiger partial charge in [0.1, 0.15) is 0 Å². The van der Waals surface area contributed by atoms with E-state index in [1.54, 1.807) is 0 Å². The van der Waals surface area contributed by atoms with Gasteiger partial charge in [0, 0.05) is 21.7 Å². The Hall–Kier alpha value is -0.990. The molecule has 3 rings (SSSR count). The summed E-state index contributed by atoms with van der Waals surface area (Å²) in [5.41, 5.74) is 5.30. The van der Waals surface area contributed by atoms with Gasteiger partial charge in [0.2, 0.25) is 0 Å². The molecule has 19 heavy (non-hydrogen) atoms. The summed E-state index contributed by atoms with van der Waals surface area (Å²) < 4.78 is 1.01. The van der Waals surface area contributed by atoms with Crippen LogP contribution in [0.25, 0.3) is 0 Å². The fourth-order valence-corrected chi connectivity index (χ4v) is 3.28. The van der Waals surface area contributed by atoms with Crippen molar-refractivity contribution >= 4 is 33.2 Å². The van der Waals surface area contributed by atoms with Crippen LogP contribution in [0.3, 0.4) is 0 Å². The zero-order valence-corrected chi connectivity index (χ0v) is 12.9. The summed E-state index contributed by atoms with van der Waals surface area (Å²) in [7, 11) is 0. The molecule has 0 bridgehead atoms. The summed E-state index contributed by atoms with van der Waals surface area (Å²) in [6.07, 6.45) is 3.73. The number of aryl methyl sites for hydroxylation is 2. The molecule has 0 aromatic heterocycles. The van der Waals surface area contributed by atoms with E-state index >= 15 is 0 Å². The molecule has 0 amide bonds. The van der Waals surface area contributed by atoms with E-state index in [-0.39, 0.29) is 0 Å². The molecule has 2 aromatic carbocycles. The van der Waals surface area contributed by atoms with Gasteiger partial charge in [0.15, 0.2) is 0 Å². The van der Waals surface area contributed by atoms with Crippen molar-refractivity contribution in [1.29, 1.82) is 0 Å². The SMILES string of the molecule is Clc1cc(Br)ccc1CNc1ccc2c(c1)CCC2. The van der Waals surface area contributed by atoms with Gasteiger partial charge >= 0.3 is 0 Å². The Morgan fingerprint density at radius 3 is 2.74 bits per heavy atom. The van der Waals surface area contributed by atoms with Crippen LogP contribution in [-0.2, 0) is 19.4 Å². The summed E-state index contributed by atoms with van der Waals surface area (Å²) in [5, 5.41) is 4.25. The van der Waals surface area contributed by atoms with Crippen LogP contribution in [-0.4, -0.2) is 0 Å². The van der Waals surface area contributed by atoms with E-state index in [1.807, 2.05) is 18.2 Å². The maximum absolute atomic E-state index is 6.22. The number of nitrogens with one attached hydrogen (secondary N) is 1. The topological polar surface area (TPSA) is 12.0 Å². The predicted octanol–water partition coefficient (Wildman–Crippen LogP) is 5.20. The van der Waals surface area contributed by atoms with Crippen molar-refractivity contribution in [3.05, 3.63) is 62.6 Å². The van der Waals surface area contributed by atoms with Gasteiger partial charge in [-0.25, -0.2) is 0 Å². The standard InChI is InChI=1S/C16H15BrClN/c17-14-6-4-13(16(18)9-14)10-19-15-7-5-11-2-1-3-12(11)8-15/h4-9,19H,1-3,10H2. The Bertz CT molecular complexity index is 610. The highest BCUT2D eigenvalue weighted by Gasteiger charge is 2.10. The second-order valence-electron chi connectivity index (χ2n) is 4.93. The van der Waals surface area contributed by atoms with Gasteiger partial charge in [0.05, 0.1) is 0 Å². The Labute approximate surface area is 127 Å². The second-order valence-corrected chi connectivity index (χ2v) is 6.25. The van der Waals surface area contributed by atoms with Gasteiger partial charge < -0.3 is 5.32 Å². The van der Waals surface area contributed by atoms with Crippen LogP contribution >= 0.6 is 27.5 Å². The molecule has 1 N–H and O–H groups in total. The van der Waals surface area contributed by atoms with Crippen molar-refractivity contribution in [3.8, 4) is 0 Å². The summed E-state index contributed by atoms with van der Waals surface area (Å²) in [6.45, 7) is 0.755. The van der Waals surface area contributed by atoms with E-state index in [9.17, 15) is 0 Å². The molecule has 0 atom stereocenters. The normalized spacial score (nSPS) is 13.4. The average molecular weight is 337 g/mol. The minimum absolute atomic E-state index is 0.755. The zero-order chi connectivity index (χ0) is 13.2. The minimum atomic E-state index is 0.755. The maximum Gasteiger partial charge on any atom is 0.0467 e. The van der Waals surface area contributed by atoms with E-state index in [4.69, 9.17) is 11.6 Å². The highest BCUT2D eigenvalue weighted by Crippen LogP contribution is 2.26.